The van der Waals surface area contributed by atoms with Crippen molar-refractivity contribution in [3.05, 3.63) is 156 Å². The van der Waals surface area contributed by atoms with Gasteiger partial charge in [-0.3, -0.25) is 0 Å². The average Bonchev–Trinajstić information content (AvgIpc) is 3.22. The number of terminal acetylenes is 1. The lowest BCUT2D eigenvalue weighted by molar-refractivity contribution is 1.11. The molecular formula is C44H31N. The molecule has 0 radical (unpaired) electrons. The highest BCUT2D eigenvalue weighted by Gasteiger charge is 2.24. The zero-order chi connectivity index (χ0) is 30.3. The number of benzene rings is 6. The van der Waals surface area contributed by atoms with E-state index in [0.29, 0.717) is 0 Å². The van der Waals surface area contributed by atoms with Crippen molar-refractivity contribution in [2.75, 3.05) is 0 Å². The molecule has 1 aliphatic carbocycles. The number of nitrogens with zero attached hydrogens (tertiary/aromatic N) is 1. The molecule has 0 unspecified atom stereocenters. The molecule has 1 nitrogen and oxygen atoms in total. The van der Waals surface area contributed by atoms with E-state index in [0.717, 1.165) is 50.8 Å². The Morgan fingerprint density at radius 2 is 1.40 bits per heavy atom. The van der Waals surface area contributed by atoms with E-state index in [1.165, 1.54) is 38.4 Å². The summed E-state index contributed by atoms with van der Waals surface area (Å²) in [5, 5.41) is 5.99. The third-order valence-electron chi connectivity index (χ3n) is 8.95. The largest absolute Gasteiger partial charge is 0.309 e. The highest BCUT2D eigenvalue weighted by molar-refractivity contribution is 6.15. The second-order valence-electron chi connectivity index (χ2n) is 11.5. The quantitative estimate of drug-likeness (QED) is 0.185. The molecule has 1 heterocycles. The third kappa shape index (κ3) is 4.27. The summed E-state index contributed by atoms with van der Waals surface area (Å²) in [7, 11) is 0. The summed E-state index contributed by atoms with van der Waals surface area (Å²) in [5.41, 5.74) is 11.2. The Labute approximate surface area is 264 Å². The molecule has 8 rings (SSSR count). The van der Waals surface area contributed by atoms with Gasteiger partial charge < -0.3 is 4.57 Å². The maximum absolute atomic E-state index is 6.55. The van der Waals surface area contributed by atoms with Crippen molar-refractivity contribution < 1.29 is 0 Å². The first kappa shape index (κ1) is 26.8. The fourth-order valence-corrected chi connectivity index (χ4v) is 7.09. The number of para-hydroxylation sites is 2. The van der Waals surface area contributed by atoms with Gasteiger partial charge in [0.05, 0.1) is 11.2 Å². The van der Waals surface area contributed by atoms with Crippen molar-refractivity contribution in [3.63, 3.8) is 0 Å². The van der Waals surface area contributed by atoms with Gasteiger partial charge in [-0.25, -0.2) is 0 Å². The van der Waals surface area contributed by atoms with Crippen LogP contribution in [0, 0.1) is 12.3 Å². The van der Waals surface area contributed by atoms with Crippen molar-refractivity contribution in [2.45, 2.75) is 13.3 Å². The van der Waals surface area contributed by atoms with Crippen LogP contribution in [0.1, 0.15) is 35.7 Å². The fourth-order valence-electron chi connectivity index (χ4n) is 7.09. The molecule has 1 aliphatic rings. The fraction of sp³-hybridized carbons (Fsp3) is 0.0455. The van der Waals surface area contributed by atoms with Gasteiger partial charge in [-0.05, 0) is 75.9 Å². The van der Waals surface area contributed by atoms with Crippen LogP contribution >= 0.6 is 0 Å². The predicted octanol–water partition coefficient (Wildman–Crippen LogP) is 11.7. The van der Waals surface area contributed by atoms with Crippen LogP contribution in [0.5, 0.6) is 0 Å². The molecule has 0 bridgehead atoms. The summed E-state index contributed by atoms with van der Waals surface area (Å²) in [4.78, 5) is 0. The van der Waals surface area contributed by atoms with Gasteiger partial charge in [0.1, 0.15) is 0 Å². The second kappa shape index (κ2) is 11.0. The Hall–Kier alpha value is -5.84. The lowest BCUT2D eigenvalue weighted by Crippen LogP contribution is -2.01. The Morgan fingerprint density at radius 3 is 2.20 bits per heavy atom. The highest BCUT2D eigenvalue weighted by atomic mass is 15.0. The minimum Gasteiger partial charge on any atom is -0.309 e. The maximum atomic E-state index is 6.55. The molecule has 0 fully saturated rings. The molecule has 6 aromatic carbocycles. The average molecular weight is 574 g/mol. The van der Waals surface area contributed by atoms with E-state index in [1.54, 1.807) is 0 Å². The summed E-state index contributed by atoms with van der Waals surface area (Å²) >= 11 is 0. The number of rotatable bonds is 4. The van der Waals surface area contributed by atoms with Gasteiger partial charge in [0.15, 0.2) is 0 Å². The number of hydrogen-bond acceptors (Lipinski definition) is 0. The second-order valence-corrected chi connectivity index (χ2v) is 11.5. The van der Waals surface area contributed by atoms with Gasteiger partial charge in [-0.15, -0.1) is 6.42 Å². The smallest absolute Gasteiger partial charge is 0.0620 e. The molecule has 0 saturated carbocycles. The minimum atomic E-state index is 0.907. The van der Waals surface area contributed by atoms with Crippen LogP contribution in [0.25, 0.3) is 78.6 Å². The molecule has 0 atom stereocenters. The molecule has 1 aromatic heterocycles. The molecular weight excluding hydrogens is 542 g/mol. The van der Waals surface area contributed by atoms with Crippen molar-refractivity contribution in [1.82, 2.24) is 4.57 Å². The highest BCUT2D eigenvalue weighted by Crippen LogP contribution is 2.46. The predicted molar refractivity (Wildman–Crippen MR) is 194 cm³/mol. The van der Waals surface area contributed by atoms with E-state index in [9.17, 15) is 0 Å². The first-order valence-electron chi connectivity index (χ1n) is 15.5. The van der Waals surface area contributed by atoms with Crippen LogP contribution in [0.2, 0.25) is 0 Å². The maximum Gasteiger partial charge on any atom is 0.0620 e. The first-order chi connectivity index (χ1) is 22.3. The molecule has 0 aliphatic heterocycles. The SMILES string of the molecule is C#Cc1c(/C=C\C)c(-c2ccc3ccccc3c2)c2ccccc2c1-c1cccc2c3c(n(-c4ccccc4)c12)C=CCC=C3. The summed E-state index contributed by atoms with van der Waals surface area (Å²) in [6, 6.07) is 41.3. The summed E-state index contributed by atoms with van der Waals surface area (Å²) in [5.74, 6) is 3.19. The summed E-state index contributed by atoms with van der Waals surface area (Å²) in [6.07, 6.45) is 20.8. The molecule has 212 valence electrons. The van der Waals surface area contributed by atoms with Crippen LogP contribution in [0.3, 0.4) is 0 Å². The zero-order valence-corrected chi connectivity index (χ0v) is 25.2. The standard InChI is InChI=1S/C44H31N/c1-3-16-36-34(4-2)43(38-23-14-13-22-37(38)42(36)32-28-27-30-17-11-12-18-31(30)29-32)40-25-15-24-39-35-21-9-6-10-26-41(35)45(44(39)40)33-19-7-5-8-20-33/h2-3,5,7-29H,6H2,1H3/b16-3-. The van der Waals surface area contributed by atoms with Gasteiger partial charge in [0, 0.05) is 33.3 Å². The van der Waals surface area contributed by atoms with E-state index < -0.39 is 0 Å². The topological polar surface area (TPSA) is 4.93 Å². The van der Waals surface area contributed by atoms with Gasteiger partial charge in [-0.1, -0.05) is 133 Å². The van der Waals surface area contributed by atoms with Crippen molar-refractivity contribution >= 4 is 50.7 Å². The Balaban J connectivity index is 1.54. The van der Waals surface area contributed by atoms with Crippen molar-refractivity contribution in [2.24, 2.45) is 0 Å². The van der Waals surface area contributed by atoms with Gasteiger partial charge in [-0.2, -0.15) is 0 Å². The van der Waals surface area contributed by atoms with Gasteiger partial charge >= 0.3 is 0 Å². The van der Waals surface area contributed by atoms with Crippen molar-refractivity contribution in [1.29, 1.82) is 0 Å². The molecule has 0 N–H and O–H groups in total. The van der Waals surface area contributed by atoms with Crippen LogP contribution in [-0.4, -0.2) is 4.57 Å². The van der Waals surface area contributed by atoms with Gasteiger partial charge in [0.25, 0.3) is 0 Å². The summed E-state index contributed by atoms with van der Waals surface area (Å²) < 4.78 is 2.41. The molecule has 7 aromatic rings. The molecule has 1 heteroatoms. The van der Waals surface area contributed by atoms with Crippen molar-refractivity contribution in [3.8, 4) is 40.3 Å². The Bertz CT molecular complexity index is 2400. The van der Waals surface area contributed by atoms with Crippen LogP contribution in [0.15, 0.2) is 133 Å². The van der Waals surface area contributed by atoms with E-state index in [1.807, 2.05) is 0 Å². The van der Waals surface area contributed by atoms with E-state index >= 15 is 0 Å². The Kier molecular flexibility index (Phi) is 6.55. The lowest BCUT2D eigenvalue weighted by Gasteiger charge is -2.21. The minimum absolute atomic E-state index is 0.907. The molecule has 0 spiro atoms. The molecule has 0 saturated heterocycles. The van der Waals surface area contributed by atoms with E-state index in [4.69, 9.17) is 6.42 Å². The van der Waals surface area contributed by atoms with Gasteiger partial charge in [0.2, 0.25) is 0 Å². The van der Waals surface area contributed by atoms with E-state index in [2.05, 4.69) is 169 Å². The number of fused-ring (bicyclic) bond motifs is 5. The molecule has 0 amide bonds. The van der Waals surface area contributed by atoms with E-state index in [-0.39, 0.29) is 0 Å². The van der Waals surface area contributed by atoms with Crippen LogP contribution in [-0.2, 0) is 0 Å². The lowest BCUT2D eigenvalue weighted by atomic mass is 9.82. The van der Waals surface area contributed by atoms with Crippen LogP contribution in [0.4, 0.5) is 0 Å². The number of hydrogen-bond donors (Lipinski definition) is 0. The number of aromatic nitrogens is 1. The normalized spacial score (nSPS) is 12.6. The van der Waals surface area contributed by atoms with Crippen LogP contribution < -0.4 is 0 Å². The third-order valence-corrected chi connectivity index (χ3v) is 8.95. The zero-order valence-electron chi connectivity index (χ0n) is 25.2. The summed E-state index contributed by atoms with van der Waals surface area (Å²) in [6.45, 7) is 2.07. The number of allylic oxidation sites excluding steroid dienone is 3. The first-order valence-corrected chi connectivity index (χ1v) is 15.5. The molecule has 45 heavy (non-hydrogen) atoms. The Morgan fingerprint density at radius 1 is 0.689 bits per heavy atom. The monoisotopic (exact) mass is 573 g/mol.